The molecule has 0 spiro atoms. The second kappa shape index (κ2) is 8.68. The zero-order chi connectivity index (χ0) is 18.2. The van der Waals surface area contributed by atoms with Crippen molar-refractivity contribution in [2.45, 2.75) is 20.0 Å². The van der Waals surface area contributed by atoms with E-state index < -0.39 is 6.10 Å². The summed E-state index contributed by atoms with van der Waals surface area (Å²) in [5.41, 5.74) is 1.94. The molecule has 0 saturated carbocycles. The number of amides is 2. The Hall–Kier alpha value is -3.08. The predicted molar refractivity (Wildman–Crippen MR) is 98.9 cm³/mol. The molecule has 2 N–H and O–H groups in total. The Labute approximate surface area is 147 Å². The maximum Gasteiger partial charge on any atom is 0.265 e. The van der Waals surface area contributed by atoms with E-state index in [0.29, 0.717) is 23.5 Å². The molecule has 2 aromatic carbocycles. The molecule has 0 aliphatic rings. The van der Waals surface area contributed by atoms with Gasteiger partial charge in [-0.15, -0.1) is 6.58 Å². The molecule has 130 valence electrons. The fourth-order valence-corrected chi connectivity index (χ4v) is 2.16. The van der Waals surface area contributed by atoms with Crippen molar-refractivity contribution >= 4 is 17.5 Å². The Balaban J connectivity index is 2.05. The number of hydrogen-bond acceptors (Lipinski definition) is 3. The lowest BCUT2D eigenvalue weighted by Crippen LogP contribution is -2.31. The molecule has 25 heavy (non-hydrogen) atoms. The zero-order valence-electron chi connectivity index (χ0n) is 14.4. The summed E-state index contributed by atoms with van der Waals surface area (Å²) >= 11 is 0. The van der Waals surface area contributed by atoms with E-state index in [2.05, 4.69) is 17.2 Å². The summed E-state index contributed by atoms with van der Waals surface area (Å²) in [7, 11) is 0. The first-order valence-corrected chi connectivity index (χ1v) is 8.03. The number of carbonyl (C=O) groups excluding carboxylic acids is 2. The second-order valence-corrected chi connectivity index (χ2v) is 5.61. The highest BCUT2D eigenvalue weighted by molar-refractivity contribution is 6.04. The molecule has 0 aromatic heterocycles. The molecule has 0 aliphatic heterocycles. The van der Waals surface area contributed by atoms with Gasteiger partial charge in [-0.3, -0.25) is 9.59 Å². The fourth-order valence-electron chi connectivity index (χ4n) is 2.16. The van der Waals surface area contributed by atoms with Crippen LogP contribution in [-0.4, -0.2) is 24.5 Å². The van der Waals surface area contributed by atoms with E-state index in [-0.39, 0.29) is 11.8 Å². The van der Waals surface area contributed by atoms with Crippen molar-refractivity contribution in [3.05, 3.63) is 72.3 Å². The summed E-state index contributed by atoms with van der Waals surface area (Å²) < 4.78 is 5.64. The third kappa shape index (κ3) is 5.21. The molecule has 0 saturated heterocycles. The first-order chi connectivity index (χ1) is 12.0. The first kappa shape index (κ1) is 18.3. The summed E-state index contributed by atoms with van der Waals surface area (Å²) in [6.07, 6.45) is 0.892. The number of anilines is 1. The van der Waals surface area contributed by atoms with Crippen LogP contribution in [0.1, 0.15) is 22.8 Å². The predicted octanol–water partition coefficient (Wildman–Crippen LogP) is 3.32. The highest BCUT2D eigenvalue weighted by Gasteiger charge is 2.18. The number of para-hydroxylation sites is 1. The average Bonchev–Trinajstić information content (AvgIpc) is 2.62. The highest BCUT2D eigenvalue weighted by atomic mass is 16.5. The van der Waals surface area contributed by atoms with Crippen LogP contribution >= 0.6 is 0 Å². The molecule has 1 unspecified atom stereocenters. The van der Waals surface area contributed by atoms with Crippen LogP contribution in [0.25, 0.3) is 0 Å². The van der Waals surface area contributed by atoms with Crippen LogP contribution in [0.15, 0.2) is 61.2 Å². The number of aryl methyl sites for hydroxylation is 1. The number of ether oxygens (including phenoxy) is 1. The van der Waals surface area contributed by atoms with Crippen LogP contribution < -0.4 is 15.4 Å². The van der Waals surface area contributed by atoms with E-state index in [4.69, 9.17) is 4.74 Å². The molecular formula is C20H22N2O3. The van der Waals surface area contributed by atoms with Gasteiger partial charge in [0.05, 0.1) is 11.3 Å². The number of carbonyl (C=O) groups is 2. The van der Waals surface area contributed by atoms with Gasteiger partial charge in [-0.2, -0.15) is 0 Å². The minimum absolute atomic E-state index is 0.275. The molecule has 0 fully saturated rings. The monoisotopic (exact) mass is 338 g/mol. The zero-order valence-corrected chi connectivity index (χ0v) is 14.4. The molecule has 2 rings (SSSR count). The topological polar surface area (TPSA) is 67.4 Å². The summed E-state index contributed by atoms with van der Waals surface area (Å²) in [6.45, 7) is 7.56. The molecule has 5 nitrogen and oxygen atoms in total. The van der Waals surface area contributed by atoms with Gasteiger partial charge in [0.1, 0.15) is 5.75 Å². The third-order valence-electron chi connectivity index (χ3n) is 3.54. The average molecular weight is 338 g/mol. The first-order valence-electron chi connectivity index (χ1n) is 8.03. The van der Waals surface area contributed by atoms with Gasteiger partial charge in [0.15, 0.2) is 6.10 Å². The Kier molecular flexibility index (Phi) is 6.34. The minimum Gasteiger partial charge on any atom is -0.481 e. The van der Waals surface area contributed by atoms with Crippen molar-refractivity contribution < 1.29 is 14.3 Å². The fraction of sp³-hybridized carbons (Fsp3) is 0.200. The summed E-state index contributed by atoms with van der Waals surface area (Å²) in [5, 5.41) is 5.45. The number of nitrogens with one attached hydrogen (secondary N) is 2. The van der Waals surface area contributed by atoms with Crippen molar-refractivity contribution in [1.82, 2.24) is 5.32 Å². The third-order valence-corrected chi connectivity index (χ3v) is 3.54. The van der Waals surface area contributed by atoms with Gasteiger partial charge in [-0.1, -0.05) is 35.9 Å². The molecule has 0 radical (unpaired) electrons. The van der Waals surface area contributed by atoms with Crippen LogP contribution in [-0.2, 0) is 4.79 Å². The van der Waals surface area contributed by atoms with Crippen molar-refractivity contribution in [3.8, 4) is 5.75 Å². The quantitative estimate of drug-likeness (QED) is 0.761. The standard InChI is InChI=1S/C20H22N2O3/c1-4-13-21-20(24)17-7-5-6-8-18(17)22-19(23)15(3)25-16-11-9-14(2)10-12-16/h4-12,15H,1,13H2,2-3H3,(H,21,24)(H,22,23). The molecule has 5 heteroatoms. The van der Waals surface area contributed by atoms with E-state index in [0.717, 1.165) is 5.56 Å². The van der Waals surface area contributed by atoms with Gasteiger partial charge in [0.25, 0.3) is 11.8 Å². The number of hydrogen-bond donors (Lipinski definition) is 2. The summed E-state index contributed by atoms with van der Waals surface area (Å²) in [5.74, 6) is 0.0118. The molecule has 2 amide bonds. The van der Waals surface area contributed by atoms with Crippen LogP contribution in [0.4, 0.5) is 5.69 Å². The lowest BCUT2D eigenvalue weighted by Gasteiger charge is -2.16. The molecular weight excluding hydrogens is 316 g/mol. The van der Waals surface area contributed by atoms with Gasteiger partial charge >= 0.3 is 0 Å². The Bertz CT molecular complexity index is 754. The van der Waals surface area contributed by atoms with Gasteiger partial charge < -0.3 is 15.4 Å². The van der Waals surface area contributed by atoms with E-state index in [1.54, 1.807) is 37.3 Å². The normalized spacial score (nSPS) is 11.3. The van der Waals surface area contributed by atoms with Crippen molar-refractivity contribution in [2.24, 2.45) is 0 Å². The van der Waals surface area contributed by atoms with Crippen LogP contribution in [0.3, 0.4) is 0 Å². The van der Waals surface area contributed by atoms with Gasteiger partial charge in [-0.25, -0.2) is 0 Å². The second-order valence-electron chi connectivity index (χ2n) is 5.61. The molecule has 1 atom stereocenters. The lowest BCUT2D eigenvalue weighted by atomic mass is 10.1. The molecule has 0 aliphatic carbocycles. The maximum atomic E-state index is 12.4. The lowest BCUT2D eigenvalue weighted by molar-refractivity contribution is -0.122. The van der Waals surface area contributed by atoms with Crippen LogP contribution in [0, 0.1) is 6.92 Å². The van der Waals surface area contributed by atoms with E-state index in [1.165, 1.54) is 0 Å². The van der Waals surface area contributed by atoms with Crippen LogP contribution in [0.5, 0.6) is 5.75 Å². The van der Waals surface area contributed by atoms with E-state index in [9.17, 15) is 9.59 Å². The summed E-state index contributed by atoms with van der Waals surface area (Å²) in [4.78, 5) is 24.5. The van der Waals surface area contributed by atoms with E-state index >= 15 is 0 Å². The SMILES string of the molecule is C=CCNC(=O)c1ccccc1NC(=O)C(C)Oc1ccc(C)cc1. The van der Waals surface area contributed by atoms with Crippen molar-refractivity contribution in [2.75, 3.05) is 11.9 Å². The Morgan fingerprint density at radius 1 is 1.16 bits per heavy atom. The highest BCUT2D eigenvalue weighted by Crippen LogP contribution is 2.17. The number of benzene rings is 2. The van der Waals surface area contributed by atoms with Gasteiger partial charge in [0.2, 0.25) is 0 Å². The Morgan fingerprint density at radius 3 is 2.52 bits per heavy atom. The number of rotatable bonds is 7. The minimum atomic E-state index is -0.702. The van der Waals surface area contributed by atoms with Gasteiger partial charge in [0, 0.05) is 6.54 Å². The maximum absolute atomic E-state index is 12.4. The van der Waals surface area contributed by atoms with Crippen molar-refractivity contribution in [3.63, 3.8) is 0 Å². The Morgan fingerprint density at radius 2 is 1.84 bits per heavy atom. The molecule has 0 bridgehead atoms. The molecule has 0 heterocycles. The largest absolute Gasteiger partial charge is 0.481 e. The van der Waals surface area contributed by atoms with Gasteiger partial charge in [-0.05, 0) is 38.1 Å². The molecule has 2 aromatic rings. The smallest absolute Gasteiger partial charge is 0.265 e. The van der Waals surface area contributed by atoms with E-state index in [1.807, 2.05) is 31.2 Å². The van der Waals surface area contributed by atoms with Crippen molar-refractivity contribution in [1.29, 1.82) is 0 Å². The van der Waals surface area contributed by atoms with Crippen LogP contribution in [0.2, 0.25) is 0 Å². The summed E-state index contributed by atoms with van der Waals surface area (Å²) in [6, 6.07) is 14.3.